The minimum Gasteiger partial charge on any atom is -0.366 e. The van der Waals surface area contributed by atoms with Gasteiger partial charge in [0, 0.05) is 0 Å². The highest BCUT2D eigenvalue weighted by Gasteiger charge is 2.04. The Labute approximate surface area is 82.4 Å². The van der Waals surface area contributed by atoms with Crippen LogP contribution in [0.15, 0.2) is 24.3 Å². The number of benzene rings is 1. The zero-order valence-corrected chi connectivity index (χ0v) is 8.23. The molecule has 0 amide bonds. The second-order valence-electron chi connectivity index (χ2n) is 3.27. The molecule has 2 rings (SSSR count). The minimum atomic E-state index is 0.309. The smallest absolute Gasteiger partial charge is 0.240 e. The zero-order valence-electron chi connectivity index (χ0n) is 8.23. The van der Waals surface area contributed by atoms with E-state index in [0.29, 0.717) is 5.95 Å². The fraction of sp³-hybridized carbons (Fsp3) is 0.200. The van der Waals surface area contributed by atoms with E-state index in [-0.39, 0.29) is 0 Å². The Morgan fingerprint density at radius 1 is 1.29 bits per heavy atom. The standard InChI is InChI=1S/C10H12N4/c1-7-4-3-5-9(6-7)14-8(2)12-10(11)13-14/h3-6H,1-2H3,(H2,11,13). The van der Waals surface area contributed by atoms with Gasteiger partial charge in [0.15, 0.2) is 0 Å². The van der Waals surface area contributed by atoms with Crippen molar-refractivity contribution >= 4 is 5.95 Å². The Morgan fingerprint density at radius 2 is 2.07 bits per heavy atom. The molecular formula is C10H12N4. The summed E-state index contributed by atoms with van der Waals surface area (Å²) in [6.07, 6.45) is 0. The number of nitrogens with zero attached hydrogens (tertiary/aromatic N) is 3. The molecule has 4 nitrogen and oxygen atoms in total. The molecule has 0 aliphatic carbocycles. The Bertz CT molecular complexity index is 459. The number of nitrogens with two attached hydrogens (primary N) is 1. The zero-order chi connectivity index (χ0) is 10.1. The molecule has 0 aliphatic heterocycles. The molecule has 1 heterocycles. The van der Waals surface area contributed by atoms with Crippen LogP contribution in [0.5, 0.6) is 0 Å². The second kappa shape index (κ2) is 3.14. The quantitative estimate of drug-likeness (QED) is 0.737. The van der Waals surface area contributed by atoms with Crippen molar-refractivity contribution in [1.82, 2.24) is 14.8 Å². The number of rotatable bonds is 1. The molecule has 0 aliphatic rings. The van der Waals surface area contributed by atoms with Crippen LogP contribution in [0.2, 0.25) is 0 Å². The van der Waals surface area contributed by atoms with Gasteiger partial charge in [0.25, 0.3) is 0 Å². The van der Waals surface area contributed by atoms with Gasteiger partial charge < -0.3 is 5.73 Å². The van der Waals surface area contributed by atoms with E-state index < -0.39 is 0 Å². The molecular weight excluding hydrogens is 176 g/mol. The molecule has 1 aromatic heterocycles. The summed E-state index contributed by atoms with van der Waals surface area (Å²) in [5.74, 6) is 1.11. The summed E-state index contributed by atoms with van der Waals surface area (Å²) in [7, 11) is 0. The van der Waals surface area contributed by atoms with Gasteiger partial charge in [0.2, 0.25) is 5.95 Å². The summed E-state index contributed by atoms with van der Waals surface area (Å²) >= 11 is 0. The maximum Gasteiger partial charge on any atom is 0.240 e. The first-order chi connectivity index (χ1) is 6.66. The topological polar surface area (TPSA) is 56.7 Å². The predicted molar refractivity (Wildman–Crippen MR) is 55.2 cm³/mol. The molecule has 0 saturated heterocycles. The van der Waals surface area contributed by atoms with Crippen molar-refractivity contribution in [2.24, 2.45) is 0 Å². The van der Waals surface area contributed by atoms with Crippen molar-refractivity contribution in [2.75, 3.05) is 5.73 Å². The molecule has 0 radical (unpaired) electrons. The highest BCUT2D eigenvalue weighted by molar-refractivity contribution is 5.36. The Morgan fingerprint density at radius 3 is 2.64 bits per heavy atom. The second-order valence-corrected chi connectivity index (χ2v) is 3.27. The van der Waals surface area contributed by atoms with Crippen LogP contribution in [0.1, 0.15) is 11.4 Å². The van der Waals surface area contributed by atoms with Crippen molar-refractivity contribution in [2.45, 2.75) is 13.8 Å². The number of hydrogen-bond donors (Lipinski definition) is 1. The normalized spacial score (nSPS) is 10.4. The monoisotopic (exact) mass is 188 g/mol. The average molecular weight is 188 g/mol. The van der Waals surface area contributed by atoms with Crippen LogP contribution in [0.25, 0.3) is 5.69 Å². The number of nitrogen functional groups attached to an aromatic ring is 1. The van der Waals surface area contributed by atoms with Crippen molar-refractivity contribution in [3.63, 3.8) is 0 Å². The van der Waals surface area contributed by atoms with E-state index in [1.807, 2.05) is 38.1 Å². The third-order valence-electron chi connectivity index (χ3n) is 2.03. The minimum absolute atomic E-state index is 0.309. The summed E-state index contributed by atoms with van der Waals surface area (Å²) < 4.78 is 1.74. The average Bonchev–Trinajstić information content (AvgIpc) is 2.45. The lowest BCUT2D eigenvalue weighted by molar-refractivity contribution is 0.842. The number of aromatic nitrogens is 3. The van der Waals surface area contributed by atoms with Crippen LogP contribution < -0.4 is 5.73 Å². The van der Waals surface area contributed by atoms with Crippen LogP contribution in [-0.2, 0) is 0 Å². The molecule has 14 heavy (non-hydrogen) atoms. The van der Waals surface area contributed by atoms with Gasteiger partial charge in [-0.3, -0.25) is 0 Å². The molecule has 0 unspecified atom stereocenters. The van der Waals surface area contributed by atoms with Gasteiger partial charge in [-0.25, -0.2) is 4.68 Å². The molecule has 0 bridgehead atoms. The maximum atomic E-state index is 5.51. The summed E-state index contributed by atoms with van der Waals surface area (Å²) in [4.78, 5) is 4.05. The van der Waals surface area contributed by atoms with Crippen molar-refractivity contribution in [3.05, 3.63) is 35.7 Å². The van der Waals surface area contributed by atoms with E-state index in [9.17, 15) is 0 Å². The van der Waals surface area contributed by atoms with Gasteiger partial charge in [-0.1, -0.05) is 12.1 Å². The fourth-order valence-corrected chi connectivity index (χ4v) is 1.41. The molecule has 2 aromatic rings. The number of hydrogen-bond acceptors (Lipinski definition) is 3. The van der Waals surface area contributed by atoms with E-state index in [1.165, 1.54) is 5.56 Å². The van der Waals surface area contributed by atoms with Crippen LogP contribution in [0.3, 0.4) is 0 Å². The molecule has 1 aromatic carbocycles. The van der Waals surface area contributed by atoms with E-state index in [0.717, 1.165) is 11.5 Å². The predicted octanol–water partition coefficient (Wildman–Crippen LogP) is 1.47. The van der Waals surface area contributed by atoms with E-state index in [1.54, 1.807) is 4.68 Å². The van der Waals surface area contributed by atoms with Crippen molar-refractivity contribution in [1.29, 1.82) is 0 Å². The summed E-state index contributed by atoms with van der Waals surface area (Å²) in [5, 5.41) is 4.10. The highest BCUT2D eigenvalue weighted by Crippen LogP contribution is 2.11. The lowest BCUT2D eigenvalue weighted by Crippen LogP contribution is -1.99. The Balaban J connectivity index is 2.54. The van der Waals surface area contributed by atoms with Gasteiger partial charge in [0.05, 0.1) is 5.69 Å². The molecule has 0 atom stereocenters. The number of aryl methyl sites for hydroxylation is 2. The van der Waals surface area contributed by atoms with Gasteiger partial charge in [-0.05, 0) is 31.5 Å². The van der Waals surface area contributed by atoms with Crippen molar-refractivity contribution in [3.8, 4) is 5.69 Å². The first-order valence-electron chi connectivity index (χ1n) is 4.43. The van der Waals surface area contributed by atoms with Crippen LogP contribution in [-0.4, -0.2) is 14.8 Å². The highest BCUT2D eigenvalue weighted by atomic mass is 15.4. The molecule has 4 heteroatoms. The van der Waals surface area contributed by atoms with E-state index in [4.69, 9.17) is 5.73 Å². The molecule has 0 saturated carbocycles. The van der Waals surface area contributed by atoms with Crippen molar-refractivity contribution < 1.29 is 0 Å². The summed E-state index contributed by atoms with van der Waals surface area (Å²) in [6.45, 7) is 3.92. The third-order valence-corrected chi connectivity index (χ3v) is 2.03. The van der Waals surface area contributed by atoms with Gasteiger partial charge in [-0.2, -0.15) is 4.98 Å². The first kappa shape index (κ1) is 8.74. The van der Waals surface area contributed by atoms with Crippen LogP contribution >= 0.6 is 0 Å². The van der Waals surface area contributed by atoms with E-state index in [2.05, 4.69) is 10.1 Å². The van der Waals surface area contributed by atoms with Gasteiger partial charge >= 0.3 is 0 Å². The third kappa shape index (κ3) is 1.46. The Hall–Kier alpha value is -1.84. The van der Waals surface area contributed by atoms with Crippen LogP contribution in [0.4, 0.5) is 5.95 Å². The molecule has 2 N–H and O–H groups in total. The maximum absolute atomic E-state index is 5.51. The molecule has 72 valence electrons. The lowest BCUT2D eigenvalue weighted by Gasteiger charge is -2.02. The SMILES string of the molecule is Cc1cccc(-n2nc(N)nc2C)c1. The lowest BCUT2D eigenvalue weighted by atomic mass is 10.2. The Kier molecular flexibility index (Phi) is 1.96. The van der Waals surface area contributed by atoms with E-state index >= 15 is 0 Å². The van der Waals surface area contributed by atoms with Gasteiger partial charge in [0.1, 0.15) is 5.82 Å². The van der Waals surface area contributed by atoms with Crippen LogP contribution in [0, 0.1) is 13.8 Å². The number of anilines is 1. The fourth-order valence-electron chi connectivity index (χ4n) is 1.41. The first-order valence-corrected chi connectivity index (χ1v) is 4.43. The molecule has 0 spiro atoms. The molecule has 0 fully saturated rings. The largest absolute Gasteiger partial charge is 0.366 e. The van der Waals surface area contributed by atoms with Gasteiger partial charge in [-0.15, -0.1) is 5.10 Å². The summed E-state index contributed by atoms with van der Waals surface area (Å²) in [5.41, 5.74) is 7.69. The summed E-state index contributed by atoms with van der Waals surface area (Å²) in [6, 6.07) is 8.05.